The van der Waals surface area contributed by atoms with Gasteiger partial charge in [-0.3, -0.25) is 4.79 Å². The molecule has 1 heterocycles. The number of fused-ring (bicyclic) bond motifs is 1. The van der Waals surface area contributed by atoms with Crippen molar-refractivity contribution in [1.29, 1.82) is 0 Å². The standard InChI is InChI=1S/C16H9F3O2/c1-8-5-10(13(19)7-12(8)18)15(20)14-6-9-3-2-4-11(17)16(9)21-14/h2-7H,1H3. The molecule has 0 aliphatic rings. The van der Waals surface area contributed by atoms with Crippen molar-refractivity contribution in [3.8, 4) is 0 Å². The van der Waals surface area contributed by atoms with E-state index in [4.69, 9.17) is 4.42 Å². The molecule has 21 heavy (non-hydrogen) atoms. The van der Waals surface area contributed by atoms with E-state index in [1.54, 1.807) is 6.07 Å². The lowest BCUT2D eigenvalue weighted by atomic mass is 10.0. The molecular weight excluding hydrogens is 281 g/mol. The molecule has 3 aromatic rings. The molecule has 3 rings (SSSR count). The predicted molar refractivity (Wildman–Crippen MR) is 70.7 cm³/mol. The lowest BCUT2D eigenvalue weighted by Gasteiger charge is -2.03. The topological polar surface area (TPSA) is 30.2 Å². The lowest BCUT2D eigenvalue weighted by Crippen LogP contribution is -2.04. The second-order valence-electron chi connectivity index (χ2n) is 4.68. The molecule has 2 nitrogen and oxygen atoms in total. The molecule has 0 atom stereocenters. The molecule has 0 aliphatic heterocycles. The zero-order valence-electron chi connectivity index (χ0n) is 10.9. The van der Waals surface area contributed by atoms with E-state index < -0.39 is 23.2 Å². The van der Waals surface area contributed by atoms with Gasteiger partial charge in [0.1, 0.15) is 11.6 Å². The summed E-state index contributed by atoms with van der Waals surface area (Å²) < 4.78 is 45.6. The van der Waals surface area contributed by atoms with E-state index in [-0.39, 0.29) is 22.5 Å². The van der Waals surface area contributed by atoms with Crippen molar-refractivity contribution < 1.29 is 22.4 Å². The van der Waals surface area contributed by atoms with Crippen molar-refractivity contribution in [2.45, 2.75) is 6.92 Å². The van der Waals surface area contributed by atoms with Crippen LogP contribution < -0.4 is 0 Å². The molecule has 0 aliphatic carbocycles. The zero-order valence-corrected chi connectivity index (χ0v) is 10.9. The first-order chi connectivity index (χ1) is 9.97. The second-order valence-corrected chi connectivity index (χ2v) is 4.68. The van der Waals surface area contributed by atoms with Crippen LogP contribution in [0.15, 0.2) is 40.8 Å². The summed E-state index contributed by atoms with van der Waals surface area (Å²) in [4.78, 5) is 12.2. The van der Waals surface area contributed by atoms with Gasteiger partial charge in [-0.1, -0.05) is 12.1 Å². The molecular formula is C16H9F3O2. The number of para-hydroxylation sites is 1. The van der Waals surface area contributed by atoms with E-state index in [2.05, 4.69) is 0 Å². The third kappa shape index (κ3) is 2.20. The van der Waals surface area contributed by atoms with Crippen LogP contribution in [-0.4, -0.2) is 5.78 Å². The first-order valence-electron chi connectivity index (χ1n) is 6.16. The van der Waals surface area contributed by atoms with Gasteiger partial charge in [-0.25, -0.2) is 13.2 Å². The Morgan fingerprint density at radius 1 is 1.00 bits per heavy atom. The molecule has 5 heteroatoms. The van der Waals surface area contributed by atoms with Gasteiger partial charge in [0, 0.05) is 11.5 Å². The third-order valence-electron chi connectivity index (χ3n) is 3.21. The molecule has 0 saturated carbocycles. The maximum absolute atomic E-state index is 13.7. The zero-order chi connectivity index (χ0) is 15.1. The summed E-state index contributed by atoms with van der Waals surface area (Å²) in [6.45, 7) is 1.42. The van der Waals surface area contributed by atoms with Crippen LogP contribution >= 0.6 is 0 Å². The van der Waals surface area contributed by atoms with Gasteiger partial charge in [-0.15, -0.1) is 0 Å². The van der Waals surface area contributed by atoms with Crippen molar-refractivity contribution in [3.63, 3.8) is 0 Å². The van der Waals surface area contributed by atoms with E-state index in [1.807, 2.05) is 0 Å². The van der Waals surface area contributed by atoms with Gasteiger partial charge >= 0.3 is 0 Å². The summed E-state index contributed by atoms with van der Waals surface area (Å²) in [5.74, 6) is -3.28. The molecule has 0 radical (unpaired) electrons. The first kappa shape index (κ1) is 13.4. The molecule has 0 spiro atoms. The summed E-state index contributed by atoms with van der Waals surface area (Å²) in [7, 11) is 0. The minimum absolute atomic E-state index is 0.0694. The van der Waals surface area contributed by atoms with Crippen LogP contribution in [-0.2, 0) is 0 Å². The van der Waals surface area contributed by atoms with Gasteiger partial charge in [0.15, 0.2) is 17.2 Å². The van der Waals surface area contributed by atoms with Crippen molar-refractivity contribution in [2.24, 2.45) is 0 Å². The number of ketones is 1. The number of benzene rings is 2. The fraction of sp³-hybridized carbons (Fsp3) is 0.0625. The molecule has 0 unspecified atom stereocenters. The number of aryl methyl sites for hydroxylation is 1. The minimum Gasteiger partial charge on any atom is -0.449 e. The molecule has 106 valence electrons. The van der Waals surface area contributed by atoms with Gasteiger partial charge in [-0.2, -0.15) is 0 Å². The maximum Gasteiger partial charge on any atom is 0.231 e. The highest BCUT2D eigenvalue weighted by atomic mass is 19.1. The Labute approximate surface area is 117 Å². The van der Waals surface area contributed by atoms with Gasteiger partial charge in [0.25, 0.3) is 0 Å². The highest BCUT2D eigenvalue weighted by Crippen LogP contribution is 2.25. The van der Waals surface area contributed by atoms with Crippen LogP contribution in [0.3, 0.4) is 0 Å². The van der Waals surface area contributed by atoms with Crippen LogP contribution in [0.25, 0.3) is 11.0 Å². The monoisotopic (exact) mass is 290 g/mol. The van der Waals surface area contributed by atoms with Gasteiger partial charge < -0.3 is 4.42 Å². The number of hydrogen-bond donors (Lipinski definition) is 0. The van der Waals surface area contributed by atoms with Crippen molar-refractivity contribution >= 4 is 16.8 Å². The number of carbonyl (C=O) groups excluding carboxylic acids is 1. The Bertz CT molecular complexity index is 865. The SMILES string of the molecule is Cc1cc(C(=O)c2cc3cccc(F)c3o2)c(F)cc1F. The normalized spacial score (nSPS) is 11.0. The molecule has 2 aromatic carbocycles. The molecule has 0 amide bonds. The van der Waals surface area contributed by atoms with Gasteiger partial charge in [0.2, 0.25) is 5.78 Å². The second kappa shape index (κ2) is 4.77. The largest absolute Gasteiger partial charge is 0.449 e. The van der Waals surface area contributed by atoms with Crippen LogP contribution in [0.5, 0.6) is 0 Å². The Kier molecular flexibility index (Phi) is 3.05. The molecule has 0 fully saturated rings. The predicted octanol–water partition coefficient (Wildman–Crippen LogP) is 4.39. The van der Waals surface area contributed by atoms with E-state index in [1.165, 1.54) is 25.1 Å². The fourth-order valence-corrected chi connectivity index (χ4v) is 2.10. The Hall–Kier alpha value is -2.56. The number of hydrogen-bond acceptors (Lipinski definition) is 2. The summed E-state index contributed by atoms with van der Waals surface area (Å²) in [6.07, 6.45) is 0. The number of rotatable bonds is 2. The van der Waals surface area contributed by atoms with E-state index in [9.17, 15) is 18.0 Å². The van der Waals surface area contributed by atoms with Crippen molar-refractivity contribution in [2.75, 3.05) is 0 Å². The number of halogens is 3. The highest BCUT2D eigenvalue weighted by molar-refractivity contribution is 6.09. The number of carbonyl (C=O) groups is 1. The lowest BCUT2D eigenvalue weighted by molar-refractivity contribution is 0.101. The molecule has 0 saturated heterocycles. The van der Waals surface area contributed by atoms with Crippen LogP contribution in [0, 0.1) is 24.4 Å². The number of furan rings is 1. The average molecular weight is 290 g/mol. The Morgan fingerprint density at radius 3 is 2.48 bits per heavy atom. The minimum atomic E-state index is -0.982. The van der Waals surface area contributed by atoms with Crippen LogP contribution in [0.4, 0.5) is 13.2 Å². The maximum atomic E-state index is 13.7. The van der Waals surface area contributed by atoms with E-state index in [0.29, 0.717) is 11.5 Å². The summed E-state index contributed by atoms with van der Waals surface area (Å²) in [5.41, 5.74) is -0.240. The van der Waals surface area contributed by atoms with Crippen LogP contribution in [0.2, 0.25) is 0 Å². The summed E-state index contributed by atoms with van der Waals surface area (Å²) in [5, 5.41) is 0.401. The van der Waals surface area contributed by atoms with Gasteiger partial charge in [-0.05, 0) is 30.7 Å². The average Bonchev–Trinajstić information content (AvgIpc) is 2.87. The molecule has 0 N–H and O–H groups in total. The summed E-state index contributed by atoms with van der Waals surface area (Å²) in [6, 6.07) is 7.33. The molecule has 1 aromatic heterocycles. The highest BCUT2D eigenvalue weighted by Gasteiger charge is 2.20. The summed E-state index contributed by atoms with van der Waals surface area (Å²) >= 11 is 0. The van der Waals surface area contributed by atoms with Crippen molar-refractivity contribution in [1.82, 2.24) is 0 Å². The fourth-order valence-electron chi connectivity index (χ4n) is 2.10. The first-order valence-corrected chi connectivity index (χ1v) is 6.16. The quantitative estimate of drug-likeness (QED) is 0.655. The van der Waals surface area contributed by atoms with Gasteiger partial charge in [0.05, 0.1) is 5.56 Å². The Morgan fingerprint density at radius 2 is 1.76 bits per heavy atom. The Balaban J connectivity index is 2.12. The van der Waals surface area contributed by atoms with E-state index in [0.717, 1.165) is 6.07 Å². The third-order valence-corrected chi connectivity index (χ3v) is 3.21. The molecule has 0 bridgehead atoms. The van der Waals surface area contributed by atoms with E-state index >= 15 is 0 Å². The van der Waals surface area contributed by atoms with Crippen molar-refractivity contribution in [3.05, 3.63) is 70.7 Å². The smallest absolute Gasteiger partial charge is 0.231 e. The van der Waals surface area contributed by atoms with Crippen LogP contribution in [0.1, 0.15) is 21.7 Å².